The number of nitrogens with two attached hydrogens (primary N) is 1. The average molecular weight is 433 g/mol. The van der Waals surface area contributed by atoms with Gasteiger partial charge in [0.15, 0.2) is 0 Å². The molecule has 1 saturated heterocycles. The third-order valence-electron chi connectivity index (χ3n) is 5.01. The van der Waals surface area contributed by atoms with E-state index < -0.39 is 23.2 Å². The highest BCUT2D eigenvalue weighted by Gasteiger charge is 2.33. The largest absolute Gasteiger partial charge is 0.488 e. The molecular formula is C24H36N2O5. The predicted molar refractivity (Wildman–Crippen MR) is 119 cm³/mol. The lowest BCUT2D eigenvalue weighted by Crippen LogP contribution is -2.49. The van der Waals surface area contributed by atoms with Crippen LogP contribution in [0.4, 0.5) is 0 Å². The molecule has 0 spiro atoms. The summed E-state index contributed by atoms with van der Waals surface area (Å²) in [6.07, 6.45) is 1.08. The number of amides is 1. The van der Waals surface area contributed by atoms with E-state index in [1.807, 2.05) is 45.0 Å². The smallest absolute Gasteiger partial charge is 0.375 e. The molecule has 1 heterocycles. The van der Waals surface area contributed by atoms with Gasteiger partial charge in [0, 0.05) is 31.3 Å². The summed E-state index contributed by atoms with van der Waals surface area (Å²) >= 11 is 0. The van der Waals surface area contributed by atoms with E-state index in [1.165, 1.54) is 0 Å². The highest BCUT2D eigenvalue weighted by Crippen LogP contribution is 2.21. The van der Waals surface area contributed by atoms with Crippen LogP contribution in [0.3, 0.4) is 0 Å². The highest BCUT2D eigenvalue weighted by atomic mass is 16.5. The summed E-state index contributed by atoms with van der Waals surface area (Å²) in [4.78, 5) is 38.4. The lowest BCUT2D eigenvalue weighted by atomic mass is 9.91. The van der Waals surface area contributed by atoms with E-state index in [4.69, 9.17) is 15.2 Å². The molecule has 1 fully saturated rings. The Hall–Kier alpha value is -2.41. The summed E-state index contributed by atoms with van der Waals surface area (Å²) in [7, 11) is 0. The Bertz CT molecular complexity index is 782. The molecule has 1 atom stereocenters. The molecule has 172 valence electrons. The van der Waals surface area contributed by atoms with Crippen molar-refractivity contribution in [1.82, 2.24) is 4.90 Å². The Morgan fingerprint density at radius 2 is 1.58 bits per heavy atom. The second-order valence-corrected chi connectivity index (χ2v) is 10.2. The Morgan fingerprint density at radius 3 is 2.06 bits per heavy atom. The van der Waals surface area contributed by atoms with E-state index in [-0.39, 0.29) is 17.6 Å². The Morgan fingerprint density at radius 1 is 1.03 bits per heavy atom. The van der Waals surface area contributed by atoms with Crippen molar-refractivity contribution in [2.75, 3.05) is 13.1 Å². The number of piperidine rings is 1. The van der Waals surface area contributed by atoms with E-state index in [1.54, 1.807) is 25.7 Å². The fraction of sp³-hybridized carbons (Fsp3) is 0.625. The average Bonchev–Trinajstić information content (AvgIpc) is 2.67. The summed E-state index contributed by atoms with van der Waals surface area (Å²) in [6, 6.07) is 6.97. The number of carbonyl (C=O) groups excluding carboxylic acids is 3. The van der Waals surface area contributed by atoms with Crippen molar-refractivity contribution in [2.24, 2.45) is 11.1 Å². The first-order chi connectivity index (χ1) is 14.3. The Kier molecular flexibility index (Phi) is 7.87. The number of ether oxygens (including phenoxy) is 2. The first-order valence-corrected chi connectivity index (χ1v) is 10.8. The Labute approximate surface area is 185 Å². The predicted octanol–water partition coefficient (Wildman–Crippen LogP) is 2.88. The molecule has 2 N–H and O–H groups in total. The molecule has 0 saturated carbocycles. The molecule has 7 heteroatoms. The number of esters is 1. The van der Waals surface area contributed by atoms with Gasteiger partial charge in [-0.1, -0.05) is 32.9 Å². The molecule has 0 bridgehead atoms. The fourth-order valence-electron chi connectivity index (χ4n) is 3.33. The van der Waals surface area contributed by atoms with Crippen LogP contribution in [-0.4, -0.2) is 53.4 Å². The van der Waals surface area contributed by atoms with Gasteiger partial charge < -0.3 is 20.1 Å². The van der Waals surface area contributed by atoms with E-state index in [9.17, 15) is 14.4 Å². The molecule has 2 rings (SSSR count). The lowest BCUT2D eigenvalue weighted by molar-refractivity contribution is -0.163. The van der Waals surface area contributed by atoms with Crippen LogP contribution in [0.1, 0.15) is 59.9 Å². The van der Waals surface area contributed by atoms with Crippen molar-refractivity contribution in [3.63, 3.8) is 0 Å². The van der Waals surface area contributed by atoms with Crippen LogP contribution < -0.4 is 10.5 Å². The molecule has 7 nitrogen and oxygen atoms in total. The maximum atomic E-state index is 12.7. The molecule has 31 heavy (non-hydrogen) atoms. The van der Waals surface area contributed by atoms with Crippen LogP contribution >= 0.6 is 0 Å². The van der Waals surface area contributed by atoms with Crippen molar-refractivity contribution >= 4 is 17.7 Å². The first kappa shape index (κ1) is 24.9. The molecule has 1 aliphatic heterocycles. The summed E-state index contributed by atoms with van der Waals surface area (Å²) < 4.78 is 11.2. The van der Waals surface area contributed by atoms with E-state index in [0.717, 1.165) is 11.3 Å². The molecule has 1 aromatic rings. The third-order valence-corrected chi connectivity index (χ3v) is 5.01. The molecule has 0 aliphatic carbocycles. The number of hydrogen-bond acceptors (Lipinski definition) is 6. The van der Waals surface area contributed by atoms with Gasteiger partial charge in [0.05, 0.1) is 6.04 Å². The van der Waals surface area contributed by atoms with Gasteiger partial charge in [0.1, 0.15) is 17.5 Å². The number of Topliss-reactive ketones (excluding diaryl/α,β-unsaturated/α-hetero) is 1. The zero-order chi connectivity index (χ0) is 23.4. The van der Waals surface area contributed by atoms with Crippen molar-refractivity contribution in [1.29, 1.82) is 0 Å². The maximum absolute atomic E-state index is 12.7. The number of rotatable bonds is 6. The highest BCUT2D eigenvalue weighted by molar-refractivity contribution is 6.35. The minimum Gasteiger partial charge on any atom is -0.488 e. The minimum absolute atomic E-state index is 0.120. The van der Waals surface area contributed by atoms with E-state index >= 15 is 0 Å². The maximum Gasteiger partial charge on any atom is 0.375 e. The Balaban J connectivity index is 1.82. The quantitative estimate of drug-likeness (QED) is 0.548. The van der Waals surface area contributed by atoms with Gasteiger partial charge in [-0.05, 0) is 44.9 Å². The molecule has 0 radical (unpaired) electrons. The summed E-state index contributed by atoms with van der Waals surface area (Å²) in [5.74, 6) is -0.678. The number of likely N-dealkylation sites (tertiary alicyclic amines) is 1. The van der Waals surface area contributed by atoms with Crippen LogP contribution in [0.25, 0.3) is 0 Å². The number of benzene rings is 1. The first-order valence-electron chi connectivity index (χ1n) is 10.8. The second kappa shape index (κ2) is 9.81. The molecular weight excluding hydrogens is 396 g/mol. The molecule has 0 aromatic heterocycles. The number of nitrogens with zero attached hydrogens (tertiary/aromatic N) is 1. The van der Waals surface area contributed by atoms with Crippen LogP contribution in [0.2, 0.25) is 0 Å². The normalized spacial score (nSPS) is 16.5. The van der Waals surface area contributed by atoms with Crippen LogP contribution in [0.15, 0.2) is 24.3 Å². The third kappa shape index (κ3) is 7.65. The topological polar surface area (TPSA) is 98.9 Å². The number of hydrogen-bond donors (Lipinski definition) is 1. The van der Waals surface area contributed by atoms with Crippen molar-refractivity contribution in [3.8, 4) is 5.75 Å². The number of carbonyl (C=O) groups is 3. The van der Waals surface area contributed by atoms with Gasteiger partial charge in [0.2, 0.25) is 11.7 Å². The zero-order valence-electron chi connectivity index (χ0n) is 19.6. The van der Waals surface area contributed by atoms with Gasteiger partial charge in [-0.3, -0.25) is 9.59 Å². The molecule has 0 unspecified atom stereocenters. The van der Waals surface area contributed by atoms with Gasteiger partial charge in [-0.15, -0.1) is 0 Å². The molecule has 1 aliphatic rings. The zero-order valence-corrected chi connectivity index (χ0v) is 19.6. The molecule has 1 aromatic carbocycles. The van der Waals surface area contributed by atoms with Gasteiger partial charge >= 0.3 is 5.97 Å². The monoisotopic (exact) mass is 432 g/mol. The SMILES string of the molecule is CC(C)(C)Oc1ccc(C[C@H](N)C(=O)N2CCC(OC(=O)C(=O)C(C)(C)C)CC2)cc1. The lowest BCUT2D eigenvalue weighted by Gasteiger charge is -2.33. The van der Waals surface area contributed by atoms with Gasteiger partial charge in [-0.2, -0.15) is 0 Å². The fourth-order valence-corrected chi connectivity index (χ4v) is 3.33. The van der Waals surface area contributed by atoms with Gasteiger partial charge in [0.25, 0.3) is 0 Å². The summed E-state index contributed by atoms with van der Waals surface area (Å²) in [6.45, 7) is 11.9. The second-order valence-electron chi connectivity index (χ2n) is 10.2. The van der Waals surface area contributed by atoms with Gasteiger partial charge in [-0.25, -0.2) is 4.79 Å². The molecule has 1 amide bonds. The van der Waals surface area contributed by atoms with Crippen LogP contribution in [0, 0.1) is 5.41 Å². The number of ketones is 1. The summed E-state index contributed by atoms with van der Waals surface area (Å²) in [5, 5.41) is 0. The van der Waals surface area contributed by atoms with E-state index in [0.29, 0.717) is 32.4 Å². The van der Waals surface area contributed by atoms with Crippen LogP contribution in [-0.2, 0) is 25.5 Å². The standard InChI is InChI=1S/C24H36N2O5/c1-23(2,3)20(27)22(29)30-17-11-13-26(14-12-17)21(28)19(25)15-16-7-9-18(10-8-16)31-24(4,5)6/h7-10,17,19H,11-15,25H2,1-6H3/t19-/m0/s1. The van der Waals surface area contributed by atoms with Crippen molar-refractivity contribution in [2.45, 2.75) is 78.6 Å². The van der Waals surface area contributed by atoms with Crippen molar-refractivity contribution in [3.05, 3.63) is 29.8 Å². The van der Waals surface area contributed by atoms with Crippen LogP contribution in [0.5, 0.6) is 5.75 Å². The minimum atomic E-state index is -0.798. The van der Waals surface area contributed by atoms with Crippen molar-refractivity contribution < 1.29 is 23.9 Å². The summed E-state index contributed by atoms with van der Waals surface area (Å²) in [5.41, 5.74) is 6.10. The van der Waals surface area contributed by atoms with E-state index in [2.05, 4.69) is 0 Å².